The molecule has 130 valence electrons. The van der Waals surface area contributed by atoms with Gasteiger partial charge in [-0.05, 0) is 53.3 Å². The summed E-state index contributed by atoms with van der Waals surface area (Å²) in [5, 5.41) is 10.2. The van der Waals surface area contributed by atoms with Gasteiger partial charge in [0.1, 0.15) is 0 Å². The van der Waals surface area contributed by atoms with Crippen molar-refractivity contribution in [3.05, 3.63) is 46.3 Å². The highest BCUT2D eigenvalue weighted by molar-refractivity contribution is 5.53. The lowest BCUT2D eigenvalue weighted by atomic mass is 9.83. The minimum Gasteiger partial charge on any atom is -0.504 e. The van der Waals surface area contributed by atoms with Crippen LogP contribution < -0.4 is 14.2 Å². The van der Waals surface area contributed by atoms with Gasteiger partial charge >= 0.3 is 0 Å². The third-order valence-electron chi connectivity index (χ3n) is 5.48. The predicted molar refractivity (Wildman–Crippen MR) is 87.7 cm³/mol. The molecule has 5 rings (SSSR count). The molecule has 2 aromatic carbocycles. The van der Waals surface area contributed by atoms with Crippen molar-refractivity contribution in [2.24, 2.45) is 0 Å². The van der Waals surface area contributed by atoms with Crippen LogP contribution in [0.3, 0.4) is 0 Å². The second kappa shape index (κ2) is 5.26. The topological polar surface area (TPSA) is 51.2 Å². The quantitative estimate of drug-likeness (QED) is 0.863. The van der Waals surface area contributed by atoms with Crippen molar-refractivity contribution in [3.63, 3.8) is 0 Å². The Bertz CT molecular complexity index is 882. The van der Waals surface area contributed by atoms with E-state index in [1.54, 1.807) is 13.2 Å². The summed E-state index contributed by atoms with van der Waals surface area (Å²) in [5.74, 6) is 1.02. The fourth-order valence-corrected chi connectivity index (χ4v) is 4.23. The Hall–Kier alpha value is -2.47. The van der Waals surface area contributed by atoms with Crippen molar-refractivity contribution in [2.45, 2.75) is 25.4 Å². The number of benzene rings is 2. The largest absolute Gasteiger partial charge is 0.504 e. The molecule has 5 nitrogen and oxygen atoms in total. The third kappa shape index (κ3) is 2.10. The maximum atomic E-state index is 14.9. The molecule has 0 aliphatic carbocycles. The monoisotopic (exact) mass is 343 g/mol. The lowest BCUT2D eigenvalue weighted by Gasteiger charge is -2.41. The second-order valence-electron chi connectivity index (χ2n) is 6.73. The van der Waals surface area contributed by atoms with Crippen molar-refractivity contribution in [1.29, 1.82) is 0 Å². The number of rotatable bonds is 1. The van der Waals surface area contributed by atoms with E-state index in [2.05, 4.69) is 4.90 Å². The molecule has 2 aromatic rings. The first kappa shape index (κ1) is 14.8. The van der Waals surface area contributed by atoms with Gasteiger partial charge in [-0.1, -0.05) is 0 Å². The van der Waals surface area contributed by atoms with Crippen LogP contribution in [0.1, 0.15) is 28.3 Å². The first-order valence-electron chi connectivity index (χ1n) is 8.39. The van der Waals surface area contributed by atoms with Crippen LogP contribution in [0.5, 0.6) is 23.0 Å². The van der Waals surface area contributed by atoms with Crippen LogP contribution in [0.2, 0.25) is 0 Å². The molecule has 1 N–H and O–H groups in total. The normalized spacial score (nSPS) is 20.6. The van der Waals surface area contributed by atoms with Crippen LogP contribution in [0, 0.1) is 5.82 Å². The minimum atomic E-state index is -0.311. The molecule has 0 bridgehead atoms. The van der Waals surface area contributed by atoms with Gasteiger partial charge in [-0.3, -0.25) is 4.90 Å². The minimum absolute atomic E-state index is 0.0444. The van der Waals surface area contributed by atoms with Gasteiger partial charge in [0.25, 0.3) is 0 Å². The SMILES string of the molecule is COc1cc2c(cc1O)C1Cc3c(cc4c(c3F)OCO4)CN1CC2. The molecule has 0 amide bonds. The van der Waals surface area contributed by atoms with Crippen LogP contribution in [-0.4, -0.2) is 30.5 Å². The van der Waals surface area contributed by atoms with Crippen molar-refractivity contribution >= 4 is 0 Å². The molecule has 25 heavy (non-hydrogen) atoms. The molecule has 1 atom stereocenters. The second-order valence-corrected chi connectivity index (χ2v) is 6.73. The van der Waals surface area contributed by atoms with Gasteiger partial charge in [0.05, 0.1) is 7.11 Å². The molecule has 1 unspecified atom stereocenters. The summed E-state index contributed by atoms with van der Waals surface area (Å²) in [6.07, 6.45) is 1.43. The number of hydrogen-bond acceptors (Lipinski definition) is 5. The van der Waals surface area contributed by atoms with Crippen molar-refractivity contribution in [1.82, 2.24) is 4.90 Å². The number of fused-ring (bicyclic) bond motifs is 5. The van der Waals surface area contributed by atoms with Crippen LogP contribution in [0.4, 0.5) is 4.39 Å². The fraction of sp³-hybridized carbons (Fsp3) is 0.368. The van der Waals surface area contributed by atoms with Gasteiger partial charge < -0.3 is 19.3 Å². The van der Waals surface area contributed by atoms with E-state index < -0.39 is 0 Å². The first-order valence-corrected chi connectivity index (χ1v) is 8.39. The highest BCUT2D eigenvalue weighted by Crippen LogP contribution is 2.46. The molecule has 0 saturated carbocycles. The van der Waals surface area contributed by atoms with Crippen molar-refractivity contribution in [2.75, 3.05) is 20.4 Å². The van der Waals surface area contributed by atoms with E-state index in [1.807, 2.05) is 12.1 Å². The Morgan fingerprint density at radius 1 is 1.24 bits per heavy atom. The molecular weight excluding hydrogens is 325 g/mol. The lowest BCUT2D eigenvalue weighted by molar-refractivity contribution is 0.158. The summed E-state index contributed by atoms with van der Waals surface area (Å²) in [4.78, 5) is 2.33. The van der Waals surface area contributed by atoms with E-state index >= 15 is 0 Å². The predicted octanol–water partition coefficient (Wildman–Crippen LogP) is 2.92. The molecule has 3 aliphatic heterocycles. The Kier molecular flexibility index (Phi) is 3.12. The third-order valence-corrected chi connectivity index (χ3v) is 5.48. The van der Waals surface area contributed by atoms with Crippen molar-refractivity contribution < 1.29 is 23.7 Å². The Morgan fingerprint density at radius 3 is 2.96 bits per heavy atom. The zero-order chi connectivity index (χ0) is 17.1. The summed E-state index contributed by atoms with van der Waals surface area (Å²) < 4.78 is 30.7. The van der Waals surface area contributed by atoms with Crippen LogP contribution in [-0.2, 0) is 19.4 Å². The van der Waals surface area contributed by atoms with E-state index in [0.717, 1.165) is 29.7 Å². The summed E-state index contributed by atoms with van der Waals surface area (Å²) in [6, 6.07) is 5.61. The highest BCUT2D eigenvalue weighted by Gasteiger charge is 2.36. The summed E-state index contributed by atoms with van der Waals surface area (Å²) in [7, 11) is 1.55. The Morgan fingerprint density at radius 2 is 2.12 bits per heavy atom. The maximum Gasteiger partial charge on any atom is 0.231 e. The number of ether oxygens (including phenoxy) is 3. The van der Waals surface area contributed by atoms with Gasteiger partial charge in [0.2, 0.25) is 12.5 Å². The highest BCUT2D eigenvalue weighted by atomic mass is 19.1. The molecule has 0 saturated heterocycles. The molecule has 6 heteroatoms. The zero-order valence-electron chi connectivity index (χ0n) is 13.8. The van der Waals surface area contributed by atoms with E-state index in [-0.39, 0.29) is 30.2 Å². The summed E-state index contributed by atoms with van der Waals surface area (Å²) in [6.45, 7) is 1.62. The number of phenolic OH excluding ortho intramolecular Hbond substituents is 1. The van der Waals surface area contributed by atoms with E-state index in [4.69, 9.17) is 14.2 Å². The number of hydrogen-bond donors (Lipinski definition) is 1. The smallest absolute Gasteiger partial charge is 0.231 e. The average Bonchev–Trinajstić information content (AvgIpc) is 3.09. The van der Waals surface area contributed by atoms with Crippen LogP contribution in [0.25, 0.3) is 0 Å². The van der Waals surface area contributed by atoms with Crippen molar-refractivity contribution in [3.8, 4) is 23.0 Å². The summed E-state index contributed by atoms with van der Waals surface area (Å²) in [5.41, 5.74) is 3.85. The number of nitrogens with zero attached hydrogens (tertiary/aromatic N) is 1. The van der Waals surface area contributed by atoms with Gasteiger partial charge in [-0.25, -0.2) is 4.39 Å². The Labute approximate surface area is 144 Å². The number of halogens is 1. The molecule has 0 fully saturated rings. The molecule has 0 aromatic heterocycles. The standard InChI is InChI=1S/C19H18FNO4/c1-23-16-4-10-2-3-21-8-11-5-17-19(25-9-24-17)18(20)13(11)6-14(21)12(10)7-15(16)22/h4-5,7,14,22H,2-3,6,8-9H2,1H3. The van der Waals surface area contributed by atoms with E-state index in [1.165, 1.54) is 0 Å². The first-order chi connectivity index (χ1) is 12.2. The summed E-state index contributed by atoms with van der Waals surface area (Å²) >= 11 is 0. The molecular formula is C19H18FNO4. The zero-order valence-corrected chi connectivity index (χ0v) is 13.8. The van der Waals surface area contributed by atoms with Crippen LogP contribution >= 0.6 is 0 Å². The number of phenols is 1. The van der Waals surface area contributed by atoms with Gasteiger partial charge in [-0.2, -0.15) is 0 Å². The van der Waals surface area contributed by atoms with E-state index in [0.29, 0.717) is 30.0 Å². The fourth-order valence-electron chi connectivity index (χ4n) is 4.23. The molecule has 3 aliphatic rings. The van der Waals surface area contributed by atoms with E-state index in [9.17, 15) is 9.50 Å². The maximum absolute atomic E-state index is 14.9. The van der Waals surface area contributed by atoms with Gasteiger partial charge in [0, 0.05) is 19.1 Å². The lowest BCUT2D eigenvalue weighted by Crippen LogP contribution is -2.39. The number of methoxy groups -OCH3 is 1. The average molecular weight is 343 g/mol. The van der Waals surface area contributed by atoms with Gasteiger partial charge in [-0.15, -0.1) is 0 Å². The van der Waals surface area contributed by atoms with Crippen LogP contribution in [0.15, 0.2) is 18.2 Å². The van der Waals surface area contributed by atoms with Gasteiger partial charge in [0.15, 0.2) is 23.1 Å². The Balaban J connectivity index is 1.59. The molecule has 3 heterocycles. The molecule has 0 spiro atoms. The molecule has 0 radical (unpaired) electrons. The number of aromatic hydroxyl groups is 1.